The first-order valence-corrected chi connectivity index (χ1v) is 4.61. The molecule has 0 saturated heterocycles. The van der Waals surface area contributed by atoms with Gasteiger partial charge in [-0.15, -0.1) is 0 Å². The number of hydrogen-bond acceptors (Lipinski definition) is 3. The highest BCUT2D eigenvalue weighted by molar-refractivity contribution is 5.73. The fourth-order valence-electron chi connectivity index (χ4n) is 1.04. The standard InChI is InChI=1S/C9H20N2O2/c1-4-13-9(2,3)7-11-6-5-8(10)12/h11H,4-7H2,1-3H3,(H2,10,12). The van der Waals surface area contributed by atoms with Crippen LogP contribution in [0.4, 0.5) is 0 Å². The van der Waals surface area contributed by atoms with E-state index < -0.39 is 0 Å². The summed E-state index contributed by atoms with van der Waals surface area (Å²) in [6, 6.07) is 0. The van der Waals surface area contributed by atoms with Gasteiger partial charge in [0, 0.05) is 26.1 Å². The summed E-state index contributed by atoms with van der Waals surface area (Å²) in [7, 11) is 0. The van der Waals surface area contributed by atoms with Crippen LogP contribution in [0.25, 0.3) is 0 Å². The van der Waals surface area contributed by atoms with Crippen LogP contribution in [0, 0.1) is 0 Å². The highest BCUT2D eigenvalue weighted by Gasteiger charge is 2.16. The molecule has 3 N–H and O–H groups in total. The van der Waals surface area contributed by atoms with Crippen molar-refractivity contribution in [3.63, 3.8) is 0 Å². The molecular weight excluding hydrogens is 168 g/mol. The SMILES string of the molecule is CCOC(C)(C)CNCCC(N)=O. The minimum Gasteiger partial charge on any atom is -0.375 e. The molecule has 0 aromatic rings. The zero-order valence-corrected chi connectivity index (χ0v) is 8.72. The topological polar surface area (TPSA) is 64.3 Å². The molecule has 1 amide bonds. The minimum atomic E-state index is -0.276. The van der Waals surface area contributed by atoms with Crippen LogP contribution in [0.3, 0.4) is 0 Å². The van der Waals surface area contributed by atoms with Gasteiger partial charge in [-0.25, -0.2) is 0 Å². The van der Waals surface area contributed by atoms with E-state index in [1.165, 1.54) is 0 Å². The van der Waals surface area contributed by atoms with Gasteiger partial charge in [-0.05, 0) is 20.8 Å². The number of carbonyl (C=O) groups is 1. The Balaban J connectivity index is 3.45. The van der Waals surface area contributed by atoms with Crippen LogP contribution in [0.1, 0.15) is 27.2 Å². The van der Waals surface area contributed by atoms with Crippen molar-refractivity contribution in [1.82, 2.24) is 5.32 Å². The van der Waals surface area contributed by atoms with Crippen LogP contribution in [0.15, 0.2) is 0 Å². The molecule has 0 spiro atoms. The van der Waals surface area contributed by atoms with Gasteiger partial charge in [-0.1, -0.05) is 0 Å². The molecule has 13 heavy (non-hydrogen) atoms. The van der Waals surface area contributed by atoms with Crippen LogP contribution >= 0.6 is 0 Å². The van der Waals surface area contributed by atoms with Gasteiger partial charge in [-0.3, -0.25) is 4.79 Å². The average molecular weight is 188 g/mol. The number of carbonyl (C=O) groups excluding carboxylic acids is 1. The van der Waals surface area contributed by atoms with E-state index in [2.05, 4.69) is 5.32 Å². The fourth-order valence-corrected chi connectivity index (χ4v) is 1.04. The third-order valence-corrected chi connectivity index (χ3v) is 1.63. The molecule has 0 aliphatic carbocycles. The summed E-state index contributed by atoms with van der Waals surface area (Å²) in [6.45, 7) is 8.02. The first kappa shape index (κ1) is 12.4. The Morgan fingerprint density at radius 3 is 2.62 bits per heavy atom. The van der Waals surface area contributed by atoms with Crippen molar-refractivity contribution < 1.29 is 9.53 Å². The maximum absolute atomic E-state index is 10.4. The maximum atomic E-state index is 10.4. The summed E-state index contributed by atoms with van der Waals surface area (Å²) >= 11 is 0. The van der Waals surface area contributed by atoms with Crippen molar-refractivity contribution in [1.29, 1.82) is 0 Å². The Labute approximate surface area is 79.8 Å². The van der Waals surface area contributed by atoms with Gasteiger partial charge < -0.3 is 15.8 Å². The predicted octanol–water partition coefficient (Wildman–Crippen LogP) is 0.267. The lowest BCUT2D eigenvalue weighted by Gasteiger charge is -2.24. The third kappa shape index (κ3) is 7.74. The second-order valence-electron chi connectivity index (χ2n) is 3.59. The third-order valence-electron chi connectivity index (χ3n) is 1.63. The van der Waals surface area contributed by atoms with Crippen LogP contribution < -0.4 is 11.1 Å². The molecule has 0 aliphatic heterocycles. The largest absolute Gasteiger partial charge is 0.375 e. The molecule has 0 heterocycles. The zero-order chi connectivity index (χ0) is 10.3. The van der Waals surface area contributed by atoms with E-state index >= 15 is 0 Å². The fraction of sp³-hybridized carbons (Fsp3) is 0.889. The molecule has 0 rings (SSSR count). The van der Waals surface area contributed by atoms with Crippen molar-refractivity contribution in [2.24, 2.45) is 5.73 Å². The molecule has 0 bridgehead atoms. The normalized spacial score (nSPS) is 11.6. The quantitative estimate of drug-likeness (QED) is 0.563. The van der Waals surface area contributed by atoms with Crippen molar-refractivity contribution >= 4 is 5.91 Å². The molecule has 4 heteroatoms. The summed E-state index contributed by atoms with van der Waals surface area (Å²) in [5.41, 5.74) is 4.82. The smallest absolute Gasteiger partial charge is 0.218 e. The second kappa shape index (κ2) is 5.94. The van der Waals surface area contributed by atoms with Gasteiger partial charge in [0.25, 0.3) is 0 Å². The van der Waals surface area contributed by atoms with Gasteiger partial charge in [0.2, 0.25) is 5.91 Å². The highest BCUT2D eigenvalue weighted by atomic mass is 16.5. The molecule has 4 nitrogen and oxygen atoms in total. The highest BCUT2D eigenvalue weighted by Crippen LogP contribution is 2.06. The first-order chi connectivity index (χ1) is 5.98. The van der Waals surface area contributed by atoms with Gasteiger partial charge >= 0.3 is 0 Å². The minimum absolute atomic E-state index is 0.174. The Hall–Kier alpha value is -0.610. The molecule has 78 valence electrons. The van der Waals surface area contributed by atoms with E-state index in [4.69, 9.17) is 10.5 Å². The Bertz CT molecular complexity index is 158. The van der Waals surface area contributed by atoms with E-state index in [0.29, 0.717) is 19.6 Å². The van der Waals surface area contributed by atoms with Gasteiger partial charge in [0.15, 0.2) is 0 Å². The number of hydrogen-bond donors (Lipinski definition) is 2. The molecule has 0 fully saturated rings. The number of amides is 1. The van der Waals surface area contributed by atoms with Crippen LogP contribution in [-0.2, 0) is 9.53 Å². The molecule has 0 aromatic carbocycles. The van der Waals surface area contributed by atoms with Crippen LogP contribution in [0.5, 0.6) is 0 Å². The van der Waals surface area contributed by atoms with Gasteiger partial charge in [0.1, 0.15) is 0 Å². The van der Waals surface area contributed by atoms with Crippen molar-refractivity contribution in [3.8, 4) is 0 Å². The molecule has 0 aliphatic rings. The summed E-state index contributed by atoms with van der Waals surface area (Å²) in [5.74, 6) is -0.276. The molecule has 0 unspecified atom stereocenters. The first-order valence-electron chi connectivity index (χ1n) is 4.61. The Kier molecular flexibility index (Phi) is 5.66. The molecule has 0 aromatic heterocycles. The zero-order valence-electron chi connectivity index (χ0n) is 8.72. The lowest BCUT2D eigenvalue weighted by Crippen LogP contribution is -2.38. The van der Waals surface area contributed by atoms with Crippen LogP contribution in [0.2, 0.25) is 0 Å². The molecule has 0 saturated carbocycles. The Morgan fingerprint density at radius 2 is 2.15 bits per heavy atom. The van der Waals surface area contributed by atoms with Crippen LogP contribution in [-0.4, -0.2) is 31.2 Å². The summed E-state index contributed by atoms with van der Waals surface area (Å²) in [4.78, 5) is 10.4. The second-order valence-corrected chi connectivity index (χ2v) is 3.59. The summed E-state index contributed by atoms with van der Waals surface area (Å²) in [6.07, 6.45) is 0.377. The summed E-state index contributed by atoms with van der Waals surface area (Å²) in [5, 5.41) is 3.12. The number of nitrogens with two attached hydrogens (primary N) is 1. The van der Waals surface area contributed by atoms with E-state index in [1.54, 1.807) is 0 Å². The average Bonchev–Trinajstić information content (AvgIpc) is 1.98. The van der Waals surface area contributed by atoms with E-state index in [0.717, 1.165) is 6.54 Å². The van der Waals surface area contributed by atoms with E-state index in [9.17, 15) is 4.79 Å². The molecule has 0 radical (unpaired) electrons. The van der Waals surface area contributed by atoms with Crippen molar-refractivity contribution in [2.75, 3.05) is 19.7 Å². The number of rotatable bonds is 7. The number of primary amides is 1. The molecular formula is C9H20N2O2. The summed E-state index contributed by atoms with van der Waals surface area (Å²) < 4.78 is 5.46. The Morgan fingerprint density at radius 1 is 1.54 bits per heavy atom. The number of nitrogens with one attached hydrogen (secondary N) is 1. The van der Waals surface area contributed by atoms with Gasteiger partial charge in [0.05, 0.1) is 5.60 Å². The monoisotopic (exact) mass is 188 g/mol. The predicted molar refractivity (Wildman–Crippen MR) is 52.4 cm³/mol. The molecule has 0 atom stereocenters. The van der Waals surface area contributed by atoms with E-state index in [1.807, 2.05) is 20.8 Å². The maximum Gasteiger partial charge on any atom is 0.218 e. The van der Waals surface area contributed by atoms with Gasteiger partial charge in [-0.2, -0.15) is 0 Å². The lowest BCUT2D eigenvalue weighted by atomic mass is 10.1. The van der Waals surface area contributed by atoms with Crippen molar-refractivity contribution in [3.05, 3.63) is 0 Å². The lowest BCUT2D eigenvalue weighted by molar-refractivity contribution is -0.118. The van der Waals surface area contributed by atoms with Crippen molar-refractivity contribution in [2.45, 2.75) is 32.8 Å². The van der Waals surface area contributed by atoms with E-state index in [-0.39, 0.29) is 11.5 Å². The number of ether oxygens (including phenoxy) is 1.